The molecule has 0 amide bonds. The van der Waals surface area contributed by atoms with Crippen LogP contribution in [0.1, 0.15) is 46.6 Å². The number of aromatic hydroxyl groups is 1. The van der Waals surface area contributed by atoms with E-state index in [1.165, 1.54) is 10.4 Å². The molecule has 0 atom stereocenters. The molecule has 0 bridgehead atoms. The Hall–Kier alpha value is -2.36. The maximum absolute atomic E-state index is 10.1. The van der Waals surface area contributed by atoms with Crippen molar-refractivity contribution in [2.24, 2.45) is 5.41 Å². The van der Waals surface area contributed by atoms with Crippen molar-refractivity contribution >= 4 is 11.0 Å². The van der Waals surface area contributed by atoms with Crippen LogP contribution in [0, 0.1) is 5.41 Å². The predicted octanol–water partition coefficient (Wildman–Crippen LogP) is 4.84. The summed E-state index contributed by atoms with van der Waals surface area (Å²) in [6.07, 6.45) is 1.04. The van der Waals surface area contributed by atoms with Gasteiger partial charge in [0.2, 0.25) is 0 Å². The van der Waals surface area contributed by atoms with Crippen molar-refractivity contribution in [1.82, 2.24) is 15.0 Å². The van der Waals surface area contributed by atoms with E-state index >= 15 is 0 Å². The van der Waals surface area contributed by atoms with E-state index in [1.807, 2.05) is 24.3 Å². The first-order valence-electron chi connectivity index (χ1n) is 8.32. The molecule has 0 unspecified atom stereocenters. The van der Waals surface area contributed by atoms with E-state index < -0.39 is 0 Å². The van der Waals surface area contributed by atoms with Gasteiger partial charge in [0, 0.05) is 0 Å². The molecule has 3 rings (SSSR count). The summed E-state index contributed by atoms with van der Waals surface area (Å²) in [5.74, 6) is 0.174. The summed E-state index contributed by atoms with van der Waals surface area (Å²) in [6.45, 7) is 11.3. The van der Waals surface area contributed by atoms with Crippen LogP contribution < -0.4 is 0 Å². The lowest BCUT2D eigenvalue weighted by Gasteiger charge is -2.32. The highest BCUT2D eigenvalue weighted by atomic mass is 16.3. The topological polar surface area (TPSA) is 50.9 Å². The molecule has 1 N–H and O–H groups in total. The summed E-state index contributed by atoms with van der Waals surface area (Å²) >= 11 is 0. The van der Waals surface area contributed by atoms with E-state index in [4.69, 9.17) is 0 Å². The Labute approximate surface area is 143 Å². The molecule has 2 aromatic carbocycles. The van der Waals surface area contributed by atoms with Gasteiger partial charge in [-0.25, -0.2) is 0 Å². The van der Waals surface area contributed by atoms with Gasteiger partial charge in [-0.1, -0.05) is 58.9 Å². The van der Waals surface area contributed by atoms with Crippen LogP contribution >= 0.6 is 0 Å². The molecule has 1 heterocycles. The normalized spacial score (nSPS) is 12.7. The van der Waals surface area contributed by atoms with E-state index in [0.29, 0.717) is 5.69 Å². The molecule has 0 aliphatic carbocycles. The van der Waals surface area contributed by atoms with Crippen LogP contribution in [0.5, 0.6) is 5.75 Å². The molecule has 4 heteroatoms. The van der Waals surface area contributed by atoms with Gasteiger partial charge in [-0.05, 0) is 41.0 Å². The smallest absolute Gasteiger partial charge is 0.143 e. The fourth-order valence-corrected chi connectivity index (χ4v) is 3.64. The number of hydrogen-bond acceptors (Lipinski definition) is 3. The summed E-state index contributed by atoms with van der Waals surface area (Å²) in [5, 5.41) is 19.3. The molecule has 0 saturated heterocycles. The van der Waals surface area contributed by atoms with Gasteiger partial charge in [-0.15, -0.1) is 15.0 Å². The molecule has 0 aliphatic rings. The molecule has 0 saturated carbocycles. The van der Waals surface area contributed by atoms with Crippen molar-refractivity contribution in [2.75, 3.05) is 0 Å². The number of phenols is 1. The van der Waals surface area contributed by atoms with E-state index in [2.05, 4.69) is 50.9 Å². The molecule has 0 radical (unpaired) electrons. The second-order valence-corrected chi connectivity index (χ2v) is 8.27. The summed E-state index contributed by atoms with van der Waals surface area (Å²) in [4.78, 5) is 1.52. The number of para-hydroxylation sites is 2. The molecule has 126 valence electrons. The highest BCUT2D eigenvalue weighted by Crippen LogP contribution is 2.38. The minimum Gasteiger partial charge on any atom is -0.506 e. The molecule has 3 aromatic rings. The Morgan fingerprint density at radius 2 is 1.62 bits per heavy atom. The van der Waals surface area contributed by atoms with Crippen LogP contribution in [0.25, 0.3) is 16.7 Å². The Bertz CT molecular complexity index is 872. The molecular weight excluding hydrogens is 298 g/mol. The number of phenolic OH excluding ortho intramolecular Hbond substituents is 1. The number of nitrogens with zero attached hydrogens (tertiary/aromatic N) is 3. The van der Waals surface area contributed by atoms with Gasteiger partial charge in [-0.2, -0.15) is 0 Å². The van der Waals surface area contributed by atoms with E-state index in [9.17, 15) is 5.11 Å². The van der Waals surface area contributed by atoms with Gasteiger partial charge in [-0.3, -0.25) is 0 Å². The zero-order valence-electron chi connectivity index (χ0n) is 15.0. The van der Waals surface area contributed by atoms with Gasteiger partial charge in [0.15, 0.2) is 0 Å². The lowest BCUT2D eigenvalue weighted by Crippen LogP contribution is -2.25. The Morgan fingerprint density at radius 3 is 2.29 bits per heavy atom. The van der Waals surface area contributed by atoms with Crippen molar-refractivity contribution in [3.05, 3.63) is 48.0 Å². The van der Waals surface area contributed by atoms with Gasteiger partial charge in [0.25, 0.3) is 0 Å². The van der Waals surface area contributed by atoms with Crippen molar-refractivity contribution in [3.63, 3.8) is 0 Å². The fraction of sp³-hybridized carbons (Fsp3) is 0.400. The Balaban J connectivity index is 2.13. The van der Waals surface area contributed by atoms with Crippen molar-refractivity contribution < 1.29 is 5.11 Å². The minimum absolute atomic E-state index is 0.0165. The highest BCUT2D eigenvalue weighted by Gasteiger charge is 2.30. The lowest BCUT2D eigenvalue weighted by atomic mass is 9.72. The second-order valence-electron chi connectivity index (χ2n) is 8.27. The quantitative estimate of drug-likeness (QED) is 0.750. The molecule has 4 nitrogen and oxygen atoms in total. The molecule has 0 aliphatic heterocycles. The second kappa shape index (κ2) is 5.62. The van der Waals surface area contributed by atoms with Crippen LogP contribution in [0.2, 0.25) is 0 Å². The third kappa shape index (κ3) is 3.14. The SMILES string of the molecule is CC(C)(C)CC(C)(C)c1cccc2nn(-c3ccccc3O)nc12. The molecule has 0 fully saturated rings. The summed E-state index contributed by atoms with van der Waals surface area (Å²) in [5.41, 5.74) is 3.73. The van der Waals surface area contributed by atoms with Crippen molar-refractivity contribution in [3.8, 4) is 11.4 Å². The molecular formula is C20H25N3O. The summed E-state index contributed by atoms with van der Waals surface area (Å²) in [7, 11) is 0. The largest absolute Gasteiger partial charge is 0.506 e. The van der Waals surface area contributed by atoms with Gasteiger partial charge in [0.1, 0.15) is 22.5 Å². The van der Waals surface area contributed by atoms with Crippen LogP contribution in [-0.2, 0) is 5.41 Å². The Kier molecular flexibility index (Phi) is 3.86. The first-order chi connectivity index (χ1) is 11.2. The number of fused-ring (bicyclic) bond motifs is 1. The van der Waals surface area contributed by atoms with Crippen LogP contribution in [0.15, 0.2) is 42.5 Å². The van der Waals surface area contributed by atoms with Gasteiger partial charge >= 0.3 is 0 Å². The van der Waals surface area contributed by atoms with Gasteiger partial charge < -0.3 is 5.11 Å². The third-order valence-corrected chi connectivity index (χ3v) is 4.21. The predicted molar refractivity (Wildman–Crippen MR) is 97.6 cm³/mol. The maximum atomic E-state index is 10.1. The number of rotatable bonds is 3. The van der Waals surface area contributed by atoms with E-state index in [1.54, 1.807) is 12.1 Å². The average molecular weight is 323 g/mol. The Morgan fingerprint density at radius 1 is 0.917 bits per heavy atom. The zero-order valence-corrected chi connectivity index (χ0v) is 15.0. The first-order valence-corrected chi connectivity index (χ1v) is 8.32. The number of hydrogen-bond donors (Lipinski definition) is 1. The van der Waals surface area contributed by atoms with Crippen LogP contribution in [-0.4, -0.2) is 20.1 Å². The molecule has 24 heavy (non-hydrogen) atoms. The highest BCUT2D eigenvalue weighted by molar-refractivity contribution is 5.79. The summed E-state index contributed by atoms with van der Waals surface area (Å²) < 4.78 is 0. The molecule has 0 spiro atoms. The fourth-order valence-electron chi connectivity index (χ4n) is 3.64. The van der Waals surface area contributed by atoms with Crippen molar-refractivity contribution in [2.45, 2.75) is 46.5 Å². The standard InChI is InChI=1S/C20H25N3O/c1-19(2,3)13-20(4,5)14-9-8-10-15-18(14)22-23(21-15)16-11-6-7-12-17(16)24/h6-12,24H,13H2,1-5H3. The third-order valence-electron chi connectivity index (χ3n) is 4.21. The number of aromatic nitrogens is 3. The van der Waals surface area contributed by atoms with Crippen LogP contribution in [0.3, 0.4) is 0 Å². The average Bonchev–Trinajstić information content (AvgIpc) is 2.88. The minimum atomic E-state index is -0.0165. The lowest BCUT2D eigenvalue weighted by molar-refractivity contribution is 0.285. The van der Waals surface area contributed by atoms with E-state index in [0.717, 1.165) is 17.5 Å². The van der Waals surface area contributed by atoms with Gasteiger partial charge in [0.05, 0.1) is 0 Å². The first kappa shape index (κ1) is 16.5. The number of benzene rings is 2. The van der Waals surface area contributed by atoms with Crippen LogP contribution in [0.4, 0.5) is 0 Å². The summed E-state index contributed by atoms with van der Waals surface area (Å²) in [6, 6.07) is 13.3. The monoisotopic (exact) mass is 323 g/mol. The van der Waals surface area contributed by atoms with E-state index in [-0.39, 0.29) is 16.6 Å². The van der Waals surface area contributed by atoms with Crippen molar-refractivity contribution in [1.29, 1.82) is 0 Å². The molecule has 1 aromatic heterocycles. The maximum Gasteiger partial charge on any atom is 0.143 e. The zero-order chi connectivity index (χ0) is 17.5.